The van der Waals surface area contributed by atoms with E-state index < -0.39 is 0 Å². The van der Waals surface area contributed by atoms with Gasteiger partial charge in [0.2, 0.25) is 5.91 Å². The van der Waals surface area contributed by atoms with Crippen molar-refractivity contribution in [3.05, 3.63) is 70.0 Å². The van der Waals surface area contributed by atoms with E-state index in [9.17, 15) is 9.18 Å². The van der Waals surface area contributed by atoms with E-state index in [1.54, 1.807) is 18.2 Å². The molecule has 0 unspecified atom stereocenters. The number of rotatable bonds is 3. The van der Waals surface area contributed by atoms with Gasteiger partial charge in [-0.05, 0) is 54.5 Å². The Kier molecular flexibility index (Phi) is 4.69. The van der Waals surface area contributed by atoms with Gasteiger partial charge in [-0.1, -0.05) is 28.1 Å². The first-order chi connectivity index (χ1) is 9.54. The molecule has 2 aromatic rings. The Morgan fingerprint density at radius 1 is 1.20 bits per heavy atom. The molecular weight excluding hydrogens is 321 g/mol. The SMILES string of the molecule is Cc1cc(Br)ccc1NC(=O)/C=C/c1ccc(F)cc1. The Balaban J connectivity index is 2.03. The van der Waals surface area contributed by atoms with Crippen molar-refractivity contribution in [3.63, 3.8) is 0 Å². The third kappa shape index (κ3) is 4.03. The molecule has 0 atom stereocenters. The molecule has 0 saturated heterocycles. The van der Waals surface area contributed by atoms with Gasteiger partial charge in [-0.3, -0.25) is 4.79 Å². The van der Waals surface area contributed by atoms with Crippen LogP contribution < -0.4 is 5.32 Å². The molecule has 20 heavy (non-hydrogen) atoms. The Labute approximate surface area is 125 Å². The normalized spacial score (nSPS) is 10.8. The summed E-state index contributed by atoms with van der Waals surface area (Å²) in [6.45, 7) is 1.92. The maximum atomic E-state index is 12.7. The van der Waals surface area contributed by atoms with Crippen molar-refractivity contribution < 1.29 is 9.18 Å². The molecule has 1 amide bonds. The molecule has 102 valence electrons. The van der Waals surface area contributed by atoms with Crippen molar-refractivity contribution in [1.82, 2.24) is 0 Å². The summed E-state index contributed by atoms with van der Waals surface area (Å²) >= 11 is 3.37. The Bertz CT molecular complexity index is 650. The van der Waals surface area contributed by atoms with Crippen molar-refractivity contribution in [2.75, 3.05) is 5.32 Å². The molecule has 1 N–H and O–H groups in total. The van der Waals surface area contributed by atoms with E-state index in [0.717, 1.165) is 21.3 Å². The van der Waals surface area contributed by atoms with Gasteiger partial charge in [0.05, 0.1) is 0 Å². The Morgan fingerprint density at radius 3 is 2.55 bits per heavy atom. The molecule has 0 bridgehead atoms. The quantitative estimate of drug-likeness (QED) is 0.820. The molecule has 0 radical (unpaired) electrons. The summed E-state index contributed by atoms with van der Waals surface area (Å²) in [5.41, 5.74) is 2.51. The predicted molar refractivity (Wildman–Crippen MR) is 82.9 cm³/mol. The zero-order chi connectivity index (χ0) is 14.5. The molecule has 0 fully saturated rings. The minimum absolute atomic E-state index is 0.222. The zero-order valence-electron chi connectivity index (χ0n) is 10.9. The average molecular weight is 334 g/mol. The number of hydrogen-bond acceptors (Lipinski definition) is 1. The van der Waals surface area contributed by atoms with Gasteiger partial charge in [0.1, 0.15) is 5.82 Å². The fraction of sp³-hybridized carbons (Fsp3) is 0.0625. The fourth-order valence-corrected chi connectivity index (χ4v) is 2.16. The molecule has 2 nitrogen and oxygen atoms in total. The van der Waals surface area contributed by atoms with E-state index in [1.165, 1.54) is 18.2 Å². The van der Waals surface area contributed by atoms with Gasteiger partial charge >= 0.3 is 0 Å². The smallest absolute Gasteiger partial charge is 0.248 e. The molecule has 2 aromatic carbocycles. The molecule has 4 heteroatoms. The first-order valence-electron chi connectivity index (χ1n) is 6.05. The van der Waals surface area contributed by atoms with Crippen molar-refractivity contribution >= 4 is 33.6 Å². The van der Waals surface area contributed by atoms with Gasteiger partial charge in [-0.2, -0.15) is 0 Å². The molecule has 0 saturated carbocycles. The highest BCUT2D eigenvalue weighted by molar-refractivity contribution is 9.10. The topological polar surface area (TPSA) is 29.1 Å². The maximum absolute atomic E-state index is 12.7. The highest BCUT2D eigenvalue weighted by Gasteiger charge is 2.02. The molecule has 0 spiro atoms. The van der Waals surface area contributed by atoms with Gasteiger partial charge < -0.3 is 5.32 Å². The van der Waals surface area contributed by atoms with E-state index in [1.807, 2.05) is 25.1 Å². The second kappa shape index (κ2) is 6.48. The van der Waals surface area contributed by atoms with E-state index in [4.69, 9.17) is 0 Å². The van der Waals surface area contributed by atoms with Crippen LogP contribution in [0.1, 0.15) is 11.1 Å². The molecule has 0 aliphatic rings. The molecule has 2 rings (SSSR count). The van der Waals surface area contributed by atoms with Crippen molar-refractivity contribution in [1.29, 1.82) is 0 Å². The van der Waals surface area contributed by atoms with Crippen molar-refractivity contribution in [2.45, 2.75) is 6.92 Å². The van der Waals surface area contributed by atoms with Gasteiger partial charge in [0, 0.05) is 16.2 Å². The minimum atomic E-state index is -0.294. The lowest BCUT2D eigenvalue weighted by molar-refractivity contribution is -0.111. The molecule has 0 aliphatic heterocycles. The standard InChI is InChI=1S/C16H13BrFNO/c1-11-10-13(17)5-8-15(11)19-16(20)9-4-12-2-6-14(18)7-3-12/h2-10H,1H3,(H,19,20)/b9-4+. The summed E-state index contributed by atoms with van der Waals surface area (Å²) in [4.78, 5) is 11.8. The van der Waals surface area contributed by atoms with E-state index in [0.29, 0.717) is 0 Å². The largest absolute Gasteiger partial charge is 0.322 e. The van der Waals surface area contributed by atoms with Crippen LogP contribution in [0, 0.1) is 12.7 Å². The summed E-state index contributed by atoms with van der Waals surface area (Å²) in [7, 11) is 0. The third-order valence-electron chi connectivity index (χ3n) is 2.74. The van der Waals surface area contributed by atoms with Crippen LogP contribution in [0.25, 0.3) is 6.08 Å². The first kappa shape index (κ1) is 14.5. The van der Waals surface area contributed by atoms with Crippen molar-refractivity contribution in [3.8, 4) is 0 Å². The van der Waals surface area contributed by atoms with Crippen LogP contribution in [0.2, 0.25) is 0 Å². The van der Waals surface area contributed by atoms with Crippen LogP contribution in [0.3, 0.4) is 0 Å². The summed E-state index contributed by atoms with van der Waals surface area (Å²) in [6, 6.07) is 11.6. The highest BCUT2D eigenvalue weighted by Crippen LogP contribution is 2.20. The number of carbonyl (C=O) groups is 1. The maximum Gasteiger partial charge on any atom is 0.248 e. The number of amides is 1. The Hall–Kier alpha value is -1.94. The molecule has 0 aromatic heterocycles. The first-order valence-corrected chi connectivity index (χ1v) is 6.85. The van der Waals surface area contributed by atoms with Crippen LogP contribution in [0.5, 0.6) is 0 Å². The lowest BCUT2D eigenvalue weighted by atomic mass is 10.2. The summed E-state index contributed by atoms with van der Waals surface area (Å²) < 4.78 is 13.7. The van der Waals surface area contributed by atoms with Crippen LogP contribution in [-0.4, -0.2) is 5.91 Å². The van der Waals surface area contributed by atoms with Crippen LogP contribution in [0.4, 0.5) is 10.1 Å². The van der Waals surface area contributed by atoms with Gasteiger partial charge in [-0.25, -0.2) is 4.39 Å². The minimum Gasteiger partial charge on any atom is -0.322 e. The number of anilines is 1. The number of aryl methyl sites for hydroxylation is 1. The summed E-state index contributed by atoms with van der Waals surface area (Å²) in [6.07, 6.45) is 3.07. The third-order valence-corrected chi connectivity index (χ3v) is 3.24. The van der Waals surface area contributed by atoms with Gasteiger partial charge in [-0.15, -0.1) is 0 Å². The van der Waals surface area contributed by atoms with Crippen LogP contribution in [-0.2, 0) is 4.79 Å². The number of nitrogens with one attached hydrogen (secondary N) is 1. The fourth-order valence-electron chi connectivity index (χ4n) is 1.69. The average Bonchev–Trinajstić information content (AvgIpc) is 2.41. The van der Waals surface area contributed by atoms with E-state index >= 15 is 0 Å². The second-order valence-corrected chi connectivity index (χ2v) is 5.25. The van der Waals surface area contributed by atoms with Crippen LogP contribution in [0.15, 0.2) is 53.0 Å². The van der Waals surface area contributed by atoms with Crippen LogP contribution >= 0.6 is 15.9 Å². The lowest BCUT2D eigenvalue weighted by Gasteiger charge is -2.06. The van der Waals surface area contributed by atoms with Gasteiger partial charge in [0.25, 0.3) is 0 Å². The lowest BCUT2D eigenvalue weighted by Crippen LogP contribution is -2.08. The molecule has 0 heterocycles. The van der Waals surface area contributed by atoms with Crippen molar-refractivity contribution in [2.24, 2.45) is 0 Å². The summed E-state index contributed by atoms with van der Waals surface area (Å²) in [5, 5.41) is 2.80. The summed E-state index contributed by atoms with van der Waals surface area (Å²) in [5.74, 6) is -0.517. The number of benzene rings is 2. The number of hydrogen-bond donors (Lipinski definition) is 1. The van der Waals surface area contributed by atoms with E-state index in [2.05, 4.69) is 21.2 Å². The van der Waals surface area contributed by atoms with E-state index in [-0.39, 0.29) is 11.7 Å². The molecular formula is C16H13BrFNO. The zero-order valence-corrected chi connectivity index (χ0v) is 12.4. The predicted octanol–water partition coefficient (Wildman–Crippen LogP) is 4.55. The highest BCUT2D eigenvalue weighted by atomic mass is 79.9. The Morgan fingerprint density at radius 2 is 1.90 bits per heavy atom. The number of carbonyl (C=O) groups excluding carboxylic acids is 1. The molecule has 0 aliphatic carbocycles. The number of halogens is 2. The second-order valence-electron chi connectivity index (χ2n) is 4.33. The monoisotopic (exact) mass is 333 g/mol. The van der Waals surface area contributed by atoms with Gasteiger partial charge in [0.15, 0.2) is 0 Å².